The molecule has 2 rings (SSSR count). The van der Waals surface area contributed by atoms with Crippen molar-refractivity contribution in [2.75, 3.05) is 0 Å². The molecule has 2 heteroatoms. The maximum absolute atomic E-state index is 4.11. The van der Waals surface area contributed by atoms with Gasteiger partial charge in [0.1, 0.15) is 0 Å². The summed E-state index contributed by atoms with van der Waals surface area (Å²) in [5, 5.41) is 10.3. The largest absolute Gasteiger partial charge is 0.167 e. The van der Waals surface area contributed by atoms with E-state index >= 15 is 0 Å². The van der Waals surface area contributed by atoms with Crippen LogP contribution in [0.3, 0.4) is 0 Å². The molecule has 0 fully saturated rings. The molecule has 0 unspecified atom stereocenters. The van der Waals surface area contributed by atoms with Crippen LogP contribution in [0.1, 0.15) is 37.5 Å². The highest BCUT2D eigenvalue weighted by molar-refractivity contribution is 6.10. The molecule has 0 saturated heterocycles. The zero-order chi connectivity index (χ0) is 13.8. The summed E-state index contributed by atoms with van der Waals surface area (Å²) in [6, 6.07) is 11.1. The van der Waals surface area contributed by atoms with Gasteiger partial charge in [-0.3, -0.25) is 0 Å². The number of hydrogen-bond acceptors (Lipinski definition) is 2. The Kier molecular flexibility index (Phi) is 4.10. The Morgan fingerprint density at radius 2 is 1.79 bits per heavy atom. The lowest BCUT2D eigenvalue weighted by molar-refractivity contribution is 1.14. The lowest BCUT2D eigenvalue weighted by Crippen LogP contribution is -1.98. The maximum atomic E-state index is 4.11. The minimum Gasteiger partial charge on any atom is -0.167 e. The zero-order valence-electron chi connectivity index (χ0n) is 11.9. The Bertz CT molecular complexity index is 639. The van der Waals surface area contributed by atoms with Crippen LogP contribution in [0.5, 0.6) is 0 Å². The lowest BCUT2D eigenvalue weighted by atomic mass is 9.95. The first-order chi connectivity index (χ1) is 9.19. The van der Waals surface area contributed by atoms with E-state index in [0.717, 1.165) is 24.1 Å². The summed E-state index contributed by atoms with van der Waals surface area (Å²) in [6.45, 7) is 9.78. The summed E-state index contributed by atoms with van der Waals surface area (Å²) in [6.07, 6.45) is 2.06. The van der Waals surface area contributed by atoms with Crippen LogP contribution in [-0.4, -0.2) is 12.4 Å². The first-order valence-electron chi connectivity index (χ1n) is 6.75. The van der Waals surface area contributed by atoms with Gasteiger partial charge in [-0.2, -0.15) is 10.2 Å². The second kappa shape index (κ2) is 5.79. The summed E-state index contributed by atoms with van der Waals surface area (Å²) >= 11 is 0. The molecular weight excluding hydrogens is 232 g/mol. The van der Waals surface area contributed by atoms with Crippen molar-refractivity contribution >= 4 is 23.2 Å². The second-order valence-electron chi connectivity index (χ2n) is 4.73. The molecule has 0 heterocycles. The monoisotopic (exact) mass is 252 g/mol. The minimum absolute atomic E-state index is 0.920. The van der Waals surface area contributed by atoms with Crippen LogP contribution < -0.4 is 0 Å². The van der Waals surface area contributed by atoms with Crippen molar-refractivity contribution in [3.8, 4) is 0 Å². The van der Waals surface area contributed by atoms with E-state index < -0.39 is 0 Å². The van der Waals surface area contributed by atoms with E-state index in [1.54, 1.807) is 0 Å². The molecule has 2 aromatic rings. The quantitative estimate of drug-likeness (QED) is 0.569. The average molecular weight is 252 g/mol. The Hall–Kier alpha value is -1.96. The van der Waals surface area contributed by atoms with E-state index in [1.165, 1.54) is 21.9 Å². The van der Waals surface area contributed by atoms with Crippen molar-refractivity contribution in [1.82, 2.24) is 0 Å². The molecular formula is C17H20N2. The number of hydrogen-bond donors (Lipinski definition) is 0. The van der Waals surface area contributed by atoms with Gasteiger partial charge in [-0.25, -0.2) is 0 Å². The van der Waals surface area contributed by atoms with Gasteiger partial charge in [-0.05, 0) is 47.7 Å². The smallest absolute Gasteiger partial charge is 0.0677 e. The molecule has 2 aromatic carbocycles. The summed E-state index contributed by atoms with van der Waals surface area (Å²) in [4.78, 5) is 0. The molecule has 0 aliphatic carbocycles. The first-order valence-corrected chi connectivity index (χ1v) is 6.75. The van der Waals surface area contributed by atoms with Gasteiger partial charge >= 0.3 is 0 Å². The molecule has 98 valence electrons. The predicted molar refractivity (Wildman–Crippen MR) is 84.5 cm³/mol. The number of fused-ring (bicyclic) bond motifs is 1. The van der Waals surface area contributed by atoms with Gasteiger partial charge in [-0.1, -0.05) is 38.1 Å². The third-order valence-electron chi connectivity index (χ3n) is 3.51. The summed E-state index contributed by atoms with van der Waals surface area (Å²) < 4.78 is 0. The molecule has 0 radical (unpaired) electrons. The van der Waals surface area contributed by atoms with Gasteiger partial charge in [0, 0.05) is 12.3 Å². The van der Waals surface area contributed by atoms with Crippen molar-refractivity contribution in [3.63, 3.8) is 0 Å². The average Bonchev–Trinajstić information content (AvgIpc) is 2.45. The van der Waals surface area contributed by atoms with Crippen molar-refractivity contribution in [2.24, 2.45) is 10.2 Å². The molecule has 2 nitrogen and oxygen atoms in total. The van der Waals surface area contributed by atoms with E-state index in [9.17, 15) is 0 Å². The molecule has 0 amide bonds. The van der Waals surface area contributed by atoms with Crippen LogP contribution in [0.15, 0.2) is 40.5 Å². The third kappa shape index (κ3) is 2.73. The van der Waals surface area contributed by atoms with Crippen LogP contribution in [0.4, 0.5) is 0 Å². The molecule has 0 saturated carbocycles. The number of aryl methyl sites for hydroxylation is 2. The first kappa shape index (κ1) is 13.5. The fraction of sp³-hybridized carbons (Fsp3) is 0.294. The van der Waals surface area contributed by atoms with Gasteiger partial charge < -0.3 is 0 Å². The SMILES string of the molecule is C=N/N=C(\C)c1cc(CC)cc2ccc(CC)cc12. The van der Waals surface area contributed by atoms with Crippen molar-refractivity contribution in [3.05, 3.63) is 47.0 Å². The number of benzene rings is 2. The fourth-order valence-corrected chi connectivity index (χ4v) is 2.35. The molecule has 19 heavy (non-hydrogen) atoms. The van der Waals surface area contributed by atoms with Gasteiger partial charge in [0.15, 0.2) is 0 Å². The summed E-state index contributed by atoms with van der Waals surface area (Å²) in [7, 11) is 0. The number of rotatable bonds is 4. The zero-order valence-corrected chi connectivity index (χ0v) is 11.9. The highest BCUT2D eigenvalue weighted by atomic mass is 15.2. The minimum atomic E-state index is 0.920. The second-order valence-corrected chi connectivity index (χ2v) is 4.73. The maximum Gasteiger partial charge on any atom is 0.0677 e. The van der Waals surface area contributed by atoms with Crippen LogP contribution in [-0.2, 0) is 12.8 Å². The fourth-order valence-electron chi connectivity index (χ4n) is 2.35. The van der Waals surface area contributed by atoms with Gasteiger partial charge in [0.2, 0.25) is 0 Å². The molecule has 0 aliphatic rings. The Morgan fingerprint density at radius 3 is 2.42 bits per heavy atom. The Morgan fingerprint density at radius 1 is 1.05 bits per heavy atom. The van der Waals surface area contributed by atoms with Crippen LogP contribution in [0.25, 0.3) is 10.8 Å². The van der Waals surface area contributed by atoms with E-state index in [2.05, 4.69) is 61.1 Å². The molecule has 0 atom stereocenters. The Labute approximate surface area is 114 Å². The highest BCUT2D eigenvalue weighted by Gasteiger charge is 2.07. The molecule has 0 aromatic heterocycles. The van der Waals surface area contributed by atoms with Crippen molar-refractivity contribution < 1.29 is 0 Å². The van der Waals surface area contributed by atoms with Gasteiger partial charge in [0.25, 0.3) is 0 Å². The lowest BCUT2D eigenvalue weighted by Gasteiger charge is -2.10. The van der Waals surface area contributed by atoms with Crippen LogP contribution in [0.2, 0.25) is 0 Å². The molecule has 0 N–H and O–H groups in total. The molecule has 0 aliphatic heterocycles. The Balaban J connectivity index is 2.76. The van der Waals surface area contributed by atoms with E-state index in [1.807, 2.05) is 6.92 Å². The summed E-state index contributed by atoms with van der Waals surface area (Å²) in [5.41, 5.74) is 4.75. The predicted octanol–water partition coefficient (Wildman–Crippen LogP) is 4.39. The highest BCUT2D eigenvalue weighted by Crippen LogP contribution is 2.24. The molecule has 0 bridgehead atoms. The standard InChI is InChI=1S/C17H20N2/c1-5-13-7-8-15-9-14(6-2)11-16(17(15)10-13)12(3)19-18-4/h7-11H,4-6H2,1-3H3/b19-12+. The summed E-state index contributed by atoms with van der Waals surface area (Å²) in [5.74, 6) is 0. The normalized spacial score (nSPS) is 11.8. The van der Waals surface area contributed by atoms with Gasteiger partial charge in [-0.15, -0.1) is 0 Å². The van der Waals surface area contributed by atoms with E-state index in [-0.39, 0.29) is 0 Å². The van der Waals surface area contributed by atoms with Crippen LogP contribution >= 0.6 is 0 Å². The van der Waals surface area contributed by atoms with Crippen molar-refractivity contribution in [1.29, 1.82) is 0 Å². The molecule has 0 spiro atoms. The third-order valence-corrected chi connectivity index (χ3v) is 3.51. The van der Waals surface area contributed by atoms with Gasteiger partial charge in [0.05, 0.1) is 5.71 Å². The van der Waals surface area contributed by atoms with E-state index in [0.29, 0.717) is 0 Å². The van der Waals surface area contributed by atoms with Crippen LogP contribution in [0, 0.1) is 0 Å². The number of nitrogens with zero attached hydrogens (tertiary/aromatic N) is 2. The topological polar surface area (TPSA) is 24.7 Å². The van der Waals surface area contributed by atoms with E-state index in [4.69, 9.17) is 0 Å². The van der Waals surface area contributed by atoms with Crippen molar-refractivity contribution in [2.45, 2.75) is 33.6 Å².